The number of carboxylic acids is 1. The Labute approximate surface area is 123 Å². The normalized spacial score (nSPS) is 14.9. The Morgan fingerprint density at radius 3 is 2.95 bits per heavy atom. The van der Waals surface area contributed by atoms with Gasteiger partial charge in [0.25, 0.3) is 0 Å². The molecule has 2 aromatic rings. The summed E-state index contributed by atoms with van der Waals surface area (Å²) in [5.74, 6) is -0.856. The first-order valence-corrected chi connectivity index (χ1v) is 7.17. The van der Waals surface area contributed by atoms with Gasteiger partial charge < -0.3 is 5.11 Å². The van der Waals surface area contributed by atoms with Gasteiger partial charge in [0.1, 0.15) is 0 Å². The number of rotatable bonds is 4. The molecule has 5 heteroatoms. The Morgan fingerprint density at radius 2 is 2.24 bits per heavy atom. The minimum atomic E-state index is -0.856. The standard InChI is InChI=1S/C16H19N3O2/c1-18-10-12(9-17-18)4-6-19-7-5-13-2-3-14(16(20)21)8-15(13)11-19/h2-3,8-10H,4-7,11H2,1H3,(H,20,21). The van der Waals surface area contributed by atoms with Crippen molar-refractivity contribution >= 4 is 5.97 Å². The number of fused-ring (bicyclic) bond motifs is 1. The molecule has 0 aliphatic carbocycles. The first-order chi connectivity index (χ1) is 10.1. The highest BCUT2D eigenvalue weighted by atomic mass is 16.4. The third-order valence-electron chi connectivity index (χ3n) is 4.02. The van der Waals surface area contributed by atoms with Gasteiger partial charge in [-0.15, -0.1) is 0 Å². The highest BCUT2D eigenvalue weighted by molar-refractivity contribution is 5.87. The summed E-state index contributed by atoms with van der Waals surface area (Å²) in [6, 6.07) is 5.47. The summed E-state index contributed by atoms with van der Waals surface area (Å²) < 4.78 is 1.82. The van der Waals surface area contributed by atoms with Crippen molar-refractivity contribution in [1.29, 1.82) is 0 Å². The third kappa shape index (κ3) is 3.13. The Morgan fingerprint density at radius 1 is 1.38 bits per heavy atom. The number of aromatic nitrogens is 2. The Kier molecular flexibility index (Phi) is 3.75. The topological polar surface area (TPSA) is 58.4 Å². The molecule has 1 aliphatic heterocycles. The van der Waals surface area contributed by atoms with Gasteiger partial charge in [-0.1, -0.05) is 6.07 Å². The summed E-state index contributed by atoms with van der Waals surface area (Å²) in [4.78, 5) is 13.4. The summed E-state index contributed by atoms with van der Waals surface area (Å²) in [6.45, 7) is 2.83. The van der Waals surface area contributed by atoms with Gasteiger partial charge in [0.15, 0.2) is 0 Å². The van der Waals surface area contributed by atoms with E-state index in [0.29, 0.717) is 5.56 Å². The molecule has 1 aromatic carbocycles. The van der Waals surface area contributed by atoms with E-state index in [0.717, 1.165) is 38.0 Å². The molecular formula is C16H19N3O2. The van der Waals surface area contributed by atoms with E-state index >= 15 is 0 Å². The third-order valence-corrected chi connectivity index (χ3v) is 4.02. The molecule has 0 saturated carbocycles. The van der Waals surface area contributed by atoms with Crippen LogP contribution in [0.5, 0.6) is 0 Å². The van der Waals surface area contributed by atoms with Gasteiger partial charge in [0.05, 0.1) is 11.8 Å². The SMILES string of the molecule is Cn1cc(CCN2CCc3ccc(C(=O)O)cc3C2)cn1. The summed E-state index contributed by atoms with van der Waals surface area (Å²) >= 11 is 0. The molecule has 110 valence electrons. The summed E-state index contributed by atoms with van der Waals surface area (Å²) in [6.07, 6.45) is 5.91. The predicted molar refractivity (Wildman–Crippen MR) is 79.3 cm³/mol. The highest BCUT2D eigenvalue weighted by Crippen LogP contribution is 2.20. The molecule has 1 N–H and O–H groups in total. The second-order valence-electron chi connectivity index (χ2n) is 5.59. The van der Waals surface area contributed by atoms with Crippen LogP contribution in [0.25, 0.3) is 0 Å². The minimum absolute atomic E-state index is 0.378. The van der Waals surface area contributed by atoms with E-state index in [-0.39, 0.29) is 0 Å². The maximum absolute atomic E-state index is 11.1. The molecule has 5 nitrogen and oxygen atoms in total. The lowest BCUT2D eigenvalue weighted by molar-refractivity contribution is 0.0696. The van der Waals surface area contributed by atoms with Crippen molar-refractivity contribution in [3.8, 4) is 0 Å². The van der Waals surface area contributed by atoms with Crippen molar-refractivity contribution in [3.05, 3.63) is 52.8 Å². The fourth-order valence-corrected chi connectivity index (χ4v) is 2.83. The molecule has 21 heavy (non-hydrogen) atoms. The van der Waals surface area contributed by atoms with Crippen LogP contribution in [-0.2, 0) is 26.4 Å². The quantitative estimate of drug-likeness (QED) is 0.929. The molecule has 0 radical (unpaired) electrons. The predicted octanol–water partition coefficient (Wildman–Crippen LogP) is 1.72. The molecule has 2 heterocycles. The van der Waals surface area contributed by atoms with Crippen LogP contribution >= 0.6 is 0 Å². The second-order valence-corrected chi connectivity index (χ2v) is 5.59. The average Bonchev–Trinajstić information content (AvgIpc) is 2.90. The van der Waals surface area contributed by atoms with Gasteiger partial charge in [-0.05, 0) is 41.7 Å². The molecule has 0 atom stereocenters. The molecular weight excluding hydrogens is 266 g/mol. The fraction of sp³-hybridized carbons (Fsp3) is 0.375. The van der Waals surface area contributed by atoms with E-state index in [9.17, 15) is 4.79 Å². The van der Waals surface area contributed by atoms with Crippen LogP contribution in [0.3, 0.4) is 0 Å². The molecule has 0 bridgehead atoms. The number of aryl methyl sites for hydroxylation is 1. The Hall–Kier alpha value is -2.14. The van der Waals surface area contributed by atoms with Crippen LogP contribution in [0, 0.1) is 0 Å². The number of carbonyl (C=O) groups is 1. The molecule has 3 rings (SSSR count). The van der Waals surface area contributed by atoms with Gasteiger partial charge in [-0.3, -0.25) is 9.58 Å². The number of aromatic carboxylic acids is 1. The maximum atomic E-state index is 11.1. The van der Waals surface area contributed by atoms with E-state index in [2.05, 4.69) is 10.00 Å². The number of carboxylic acid groups (broad SMARTS) is 1. The lowest BCUT2D eigenvalue weighted by Crippen LogP contribution is -2.32. The van der Waals surface area contributed by atoms with Crippen molar-refractivity contribution in [3.63, 3.8) is 0 Å². The van der Waals surface area contributed by atoms with Crippen molar-refractivity contribution in [2.45, 2.75) is 19.4 Å². The summed E-state index contributed by atoms with van der Waals surface area (Å²) in [5, 5.41) is 13.3. The first kappa shape index (κ1) is 13.8. The Balaban J connectivity index is 1.65. The molecule has 0 spiro atoms. The average molecular weight is 285 g/mol. The van der Waals surface area contributed by atoms with Gasteiger partial charge in [0, 0.05) is 32.9 Å². The molecule has 0 amide bonds. The van der Waals surface area contributed by atoms with Gasteiger partial charge >= 0.3 is 5.97 Å². The number of nitrogens with zero attached hydrogens (tertiary/aromatic N) is 3. The van der Waals surface area contributed by atoms with Crippen LogP contribution < -0.4 is 0 Å². The summed E-state index contributed by atoms with van der Waals surface area (Å²) in [5.41, 5.74) is 4.04. The summed E-state index contributed by atoms with van der Waals surface area (Å²) in [7, 11) is 1.92. The van der Waals surface area contributed by atoms with Crippen LogP contribution in [-0.4, -0.2) is 38.8 Å². The van der Waals surface area contributed by atoms with Crippen LogP contribution in [0.1, 0.15) is 27.0 Å². The van der Waals surface area contributed by atoms with Crippen molar-refractivity contribution in [1.82, 2.24) is 14.7 Å². The van der Waals surface area contributed by atoms with Crippen LogP contribution in [0.15, 0.2) is 30.6 Å². The number of hydrogen-bond donors (Lipinski definition) is 1. The van der Waals surface area contributed by atoms with E-state index in [1.807, 2.05) is 36.3 Å². The van der Waals surface area contributed by atoms with Crippen molar-refractivity contribution < 1.29 is 9.90 Å². The molecule has 0 saturated heterocycles. The van der Waals surface area contributed by atoms with Crippen molar-refractivity contribution in [2.24, 2.45) is 7.05 Å². The smallest absolute Gasteiger partial charge is 0.335 e. The van der Waals surface area contributed by atoms with Crippen LogP contribution in [0.4, 0.5) is 0 Å². The zero-order valence-electron chi connectivity index (χ0n) is 12.1. The lowest BCUT2D eigenvalue weighted by atomic mass is 9.97. The zero-order chi connectivity index (χ0) is 14.8. The van der Waals surface area contributed by atoms with E-state index in [1.165, 1.54) is 11.1 Å². The molecule has 0 unspecified atom stereocenters. The minimum Gasteiger partial charge on any atom is -0.478 e. The maximum Gasteiger partial charge on any atom is 0.335 e. The monoisotopic (exact) mass is 285 g/mol. The molecule has 1 aliphatic rings. The fourth-order valence-electron chi connectivity index (χ4n) is 2.83. The van der Waals surface area contributed by atoms with E-state index in [1.54, 1.807) is 6.07 Å². The Bertz CT molecular complexity index is 663. The van der Waals surface area contributed by atoms with Gasteiger partial charge in [-0.2, -0.15) is 5.10 Å². The number of hydrogen-bond acceptors (Lipinski definition) is 3. The van der Waals surface area contributed by atoms with Gasteiger partial charge in [0.2, 0.25) is 0 Å². The van der Waals surface area contributed by atoms with E-state index in [4.69, 9.17) is 5.11 Å². The first-order valence-electron chi connectivity index (χ1n) is 7.17. The molecule has 0 fully saturated rings. The lowest BCUT2D eigenvalue weighted by Gasteiger charge is -2.28. The second kappa shape index (κ2) is 5.69. The largest absolute Gasteiger partial charge is 0.478 e. The van der Waals surface area contributed by atoms with E-state index < -0.39 is 5.97 Å². The number of benzene rings is 1. The van der Waals surface area contributed by atoms with Crippen molar-refractivity contribution in [2.75, 3.05) is 13.1 Å². The van der Waals surface area contributed by atoms with Crippen LogP contribution in [0.2, 0.25) is 0 Å². The highest BCUT2D eigenvalue weighted by Gasteiger charge is 2.17. The van der Waals surface area contributed by atoms with Gasteiger partial charge in [-0.25, -0.2) is 4.79 Å². The molecule has 1 aromatic heterocycles. The zero-order valence-corrected chi connectivity index (χ0v) is 12.1.